The van der Waals surface area contributed by atoms with Crippen molar-refractivity contribution in [3.8, 4) is 5.75 Å². The van der Waals surface area contributed by atoms with Crippen molar-refractivity contribution in [2.45, 2.75) is 39.3 Å². The van der Waals surface area contributed by atoms with Crippen molar-refractivity contribution in [2.75, 3.05) is 26.3 Å². The molecule has 2 fully saturated rings. The van der Waals surface area contributed by atoms with Crippen molar-refractivity contribution in [3.63, 3.8) is 0 Å². The molecular formula is C19H27F2N3O2. The van der Waals surface area contributed by atoms with Crippen molar-refractivity contribution in [1.29, 1.82) is 0 Å². The monoisotopic (exact) mass is 367 g/mol. The fourth-order valence-electron chi connectivity index (χ4n) is 3.99. The lowest BCUT2D eigenvalue weighted by atomic mass is 9.57. The van der Waals surface area contributed by atoms with Crippen molar-refractivity contribution >= 4 is 5.96 Å². The molecular weight excluding hydrogens is 340 g/mol. The molecule has 7 heteroatoms. The number of halogens is 2. The molecule has 0 amide bonds. The lowest BCUT2D eigenvalue weighted by Crippen LogP contribution is -2.68. The molecule has 1 aromatic carbocycles. The molecule has 1 saturated carbocycles. The molecule has 3 rings (SSSR count). The van der Waals surface area contributed by atoms with E-state index in [1.807, 2.05) is 6.92 Å². The van der Waals surface area contributed by atoms with E-state index in [1.165, 1.54) is 12.1 Å². The van der Waals surface area contributed by atoms with E-state index in [-0.39, 0.29) is 17.8 Å². The third kappa shape index (κ3) is 3.77. The van der Waals surface area contributed by atoms with Crippen LogP contribution in [0.1, 0.15) is 27.2 Å². The van der Waals surface area contributed by atoms with E-state index in [9.17, 15) is 8.78 Å². The number of nitrogens with one attached hydrogen (secondary N) is 2. The highest BCUT2D eigenvalue weighted by molar-refractivity contribution is 5.80. The Hall–Kier alpha value is -1.89. The highest BCUT2D eigenvalue weighted by Crippen LogP contribution is 2.52. The van der Waals surface area contributed by atoms with Crippen molar-refractivity contribution < 1.29 is 18.3 Å². The predicted octanol–water partition coefficient (Wildman–Crippen LogP) is 2.71. The number of nitrogens with zero attached hydrogens (tertiary/aromatic N) is 1. The van der Waals surface area contributed by atoms with Gasteiger partial charge in [0.1, 0.15) is 12.4 Å². The van der Waals surface area contributed by atoms with E-state index in [2.05, 4.69) is 29.5 Å². The molecule has 1 aromatic rings. The van der Waals surface area contributed by atoms with Gasteiger partial charge in [0.15, 0.2) is 17.5 Å². The highest BCUT2D eigenvalue weighted by Gasteiger charge is 2.59. The molecule has 1 heterocycles. The second kappa shape index (κ2) is 7.78. The van der Waals surface area contributed by atoms with Gasteiger partial charge in [-0.25, -0.2) is 13.8 Å². The zero-order valence-corrected chi connectivity index (χ0v) is 15.5. The molecule has 5 nitrogen and oxygen atoms in total. The average Bonchev–Trinajstić information content (AvgIpc) is 3.05. The average molecular weight is 367 g/mol. The summed E-state index contributed by atoms with van der Waals surface area (Å²) in [5.41, 5.74) is 0.0606. The second-order valence-corrected chi connectivity index (χ2v) is 7.37. The molecule has 0 spiro atoms. The van der Waals surface area contributed by atoms with Crippen molar-refractivity contribution in [1.82, 2.24) is 10.6 Å². The van der Waals surface area contributed by atoms with Gasteiger partial charge in [-0.05, 0) is 25.5 Å². The fourth-order valence-corrected chi connectivity index (χ4v) is 3.99. The van der Waals surface area contributed by atoms with Gasteiger partial charge in [0, 0.05) is 36.6 Å². The molecule has 26 heavy (non-hydrogen) atoms. The molecule has 144 valence electrons. The molecule has 3 unspecified atom stereocenters. The van der Waals surface area contributed by atoms with Crippen LogP contribution in [0.25, 0.3) is 0 Å². The van der Waals surface area contributed by atoms with Gasteiger partial charge < -0.3 is 20.1 Å². The van der Waals surface area contributed by atoms with Crippen LogP contribution < -0.4 is 15.4 Å². The molecule has 0 bridgehead atoms. The molecule has 0 radical (unpaired) electrons. The third-order valence-electron chi connectivity index (χ3n) is 5.25. The van der Waals surface area contributed by atoms with Crippen LogP contribution in [-0.4, -0.2) is 44.4 Å². The number of ether oxygens (including phenoxy) is 2. The van der Waals surface area contributed by atoms with E-state index in [0.29, 0.717) is 24.6 Å². The standard InChI is InChI=1S/C19H27F2N3O2/c1-4-22-18(24-16-13-7-9-26-17(13)19(16,2)3)23-8-10-25-15-6-5-12(20)11-14(15)21/h5-6,11,13,16-17H,4,7-10H2,1-3H3,(H2,22,23,24). The molecule has 3 atom stereocenters. The molecule has 0 aromatic heterocycles. The van der Waals surface area contributed by atoms with Crippen LogP contribution in [-0.2, 0) is 4.74 Å². The van der Waals surface area contributed by atoms with Gasteiger partial charge in [-0.1, -0.05) is 13.8 Å². The van der Waals surface area contributed by atoms with Crippen LogP contribution in [0.5, 0.6) is 5.75 Å². The number of fused-ring (bicyclic) bond motifs is 1. The molecule has 2 N–H and O–H groups in total. The summed E-state index contributed by atoms with van der Waals surface area (Å²) < 4.78 is 37.6. The van der Waals surface area contributed by atoms with Crippen molar-refractivity contribution in [3.05, 3.63) is 29.8 Å². The Labute approximate surface area is 153 Å². The number of rotatable bonds is 6. The van der Waals surface area contributed by atoms with Gasteiger partial charge in [-0.15, -0.1) is 0 Å². The molecule has 1 aliphatic carbocycles. The zero-order valence-electron chi connectivity index (χ0n) is 15.5. The summed E-state index contributed by atoms with van der Waals surface area (Å²) >= 11 is 0. The Morgan fingerprint density at radius 2 is 2.19 bits per heavy atom. The number of hydrogen-bond acceptors (Lipinski definition) is 3. The number of guanidine groups is 1. The zero-order chi connectivity index (χ0) is 18.7. The second-order valence-electron chi connectivity index (χ2n) is 7.37. The minimum Gasteiger partial charge on any atom is -0.489 e. The van der Waals surface area contributed by atoms with Gasteiger partial charge in [-0.3, -0.25) is 0 Å². The Kier molecular flexibility index (Phi) is 5.65. The molecule has 1 aliphatic heterocycles. The number of aliphatic imine (C=N–C) groups is 1. The number of benzene rings is 1. The minimum absolute atomic E-state index is 0.0330. The summed E-state index contributed by atoms with van der Waals surface area (Å²) in [4.78, 5) is 4.51. The van der Waals surface area contributed by atoms with E-state index in [4.69, 9.17) is 9.47 Å². The van der Waals surface area contributed by atoms with E-state index in [1.54, 1.807) is 0 Å². The van der Waals surface area contributed by atoms with Crippen LogP contribution in [0.15, 0.2) is 23.2 Å². The first kappa shape index (κ1) is 18.9. The maximum Gasteiger partial charge on any atom is 0.191 e. The maximum absolute atomic E-state index is 13.6. The van der Waals surface area contributed by atoms with Gasteiger partial charge in [0.05, 0.1) is 12.6 Å². The van der Waals surface area contributed by atoms with Crippen LogP contribution in [0.2, 0.25) is 0 Å². The first-order valence-electron chi connectivity index (χ1n) is 9.17. The Bertz CT molecular complexity index is 666. The lowest BCUT2D eigenvalue weighted by molar-refractivity contribution is -0.106. The quantitative estimate of drug-likeness (QED) is 0.461. The van der Waals surface area contributed by atoms with Crippen molar-refractivity contribution in [2.24, 2.45) is 16.3 Å². The number of hydrogen-bond donors (Lipinski definition) is 2. The molecule has 2 aliphatic rings. The third-order valence-corrected chi connectivity index (χ3v) is 5.25. The van der Waals surface area contributed by atoms with Gasteiger partial charge in [0.2, 0.25) is 0 Å². The topological polar surface area (TPSA) is 54.9 Å². The van der Waals surface area contributed by atoms with Crippen LogP contribution in [0, 0.1) is 23.0 Å². The largest absolute Gasteiger partial charge is 0.489 e. The van der Waals surface area contributed by atoms with E-state index >= 15 is 0 Å². The van der Waals surface area contributed by atoms with Crippen LogP contribution in [0.3, 0.4) is 0 Å². The van der Waals surface area contributed by atoms with Gasteiger partial charge in [0.25, 0.3) is 0 Å². The summed E-state index contributed by atoms with van der Waals surface area (Å²) in [6.45, 7) is 8.57. The van der Waals surface area contributed by atoms with E-state index in [0.717, 1.165) is 31.6 Å². The summed E-state index contributed by atoms with van der Waals surface area (Å²) in [6.07, 6.45) is 1.38. The summed E-state index contributed by atoms with van der Waals surface area (Å²) in [5, 5.41) is 6.75. The highest BCUT2D eigenvalue weighted by atomic mass is 19.1. The van der Waals surface area contributed by atoms with E-state index < -0.39 is 11.6 Å². The van der Waals surface area contributed by atoms with Gasteiger partial charge in [-0.2, -0.15) is 0 Å². The molecule has 1 saturated heterocycles. The van der Waals surface area contributed by atoms with Crippen LogP contribution in [0.4, 0.5) is 8.78 Å². The predicted molar refractivity (Wildman–Crippen MR) is 96.4 cm³/mol. The fraction of sp³-hybridized carbons (Fsp3) is 0.632. The Morgan fingerprint density at radius 1 is 1.38 bits per heavy atom. The summed E-state index contributed by atoms with van der Waals surface area (Å²) in [6, 6.07) is 3.58. The normalized spacial score (nSPS) is 26.8. The first-order valence-corrected chi connectivity index (χ1v) is 9.17. The van der Waals surface area contributed by atoms with Crippen LogP contribution >= 0.6 is 0 Å². The Balaban J connectivity index is 1.54. The first-order chi connectivity index (χ1) is 12.4. The Morgan fingerprint density at radius 3 is 2.92 bits per heavy atom. The summed E-state index contributed by atoms with van der Waals surface area (Å²) in [5.74, 6) is -0.0607. The maximum atomic E-state index is 13.6. The minimum atomic E-state index is -0.706. The smallest absolute Gasteiger partial charge is 0.191 e. The summed E-state index contributed by atoms with van der Waals surface area (Å²) in [7, 11) is 0. The SMILES string of the molecule is CCNC(=NCCOc1ccc(F)cc1F)NC1C2CCOC2C1(C)C. The van der Waals surface area contributed by atoms with Gasteiger partial charge >= 0.3 is 0 Å². The lowest BCUT2D eigenvalue weighted by Gasteiger charge is -2.54.